The van der Waals surface area contributed by atoms with Crippen molar-refractivity contribution >= 4 is 24.2 Å². The fraction of sp³-hybridized carbons (Fsp3) is 0.238. The molecular weight excluding hydrogens is 372 g/mol. The zero-order chi connectivity index (χ0) is 20.8. The summed E-state index contributed by atoms with van der Waals surface area (Å²) in [6.45, 7) is -0.450. The second kappa shape index (κ2) is 6.44. The summed E-state index contributed by atoms with van der Waals surface area (Å²) >= 11 is 0. The molecule has 8 heteroatoms. The van der Waals surface area contributed by atoms with Crippen LogP contribution in [-0.2, 0) is 20.8 Å². The highest BCUT2D eigenvalue weighted by Crippen LogP contribution is 2.55. The van der Waals surface area contributed by atoms with Crippen molar-refractivity contribution < 1.29 is 19.5 Å². The number of amides is 3. The first-order valence-corrected chi connectivity index (χ1v) is 9.08. The number of aliphatic imine (C=N–C) groups is 1. The van der Waals surface area contributed by atoms with Gasteiger partial charge >= 0.3 is 12.0 Å². The zero-order valence-corrected chi connectivity index (χ0v) is 16.0. The Morgan fingerprint density at radius 1 is 0.966 bits per heavy atom. The molecule has 0 spiro atoms. The number of carboxylic acids is 1. The normalized spacial score (nSPS) is 26.1. The third kappa shape index (κ3) is 2.25. The average molecular weight is 392 g/mol. The molecule has 2 aromatic rings. The van der Waals surface area contributed by atoms with Gasteiger partial charge in [-0.05, 0) is 5.56 Å². The molecule has 1 fully saturated rings. The first kappa shape index (κ1) is 18.7. The molecule has 2 atom stereocenters. The lowest BCUT2D eigenvalue weighted by atomic mass is 9.70. The molecule has 0 aromatic heterocycles. The van der Waals surface area contributed by atoms with Crippen LogP contribution in [0.15, 0.2) is 65.7 Å². The van der Waals surface area contributed by atoms with E-state index < -0.39 is 35.7 Å². The van der Waals surface area contributed by atoms with Crippen LogP contribution in [0.5, 0.6) is 0 Å². The van der Waals surface area contributed by atoms with Gasteiger partial charge in [-0.2, -0.15) is 0 Å². The van der Waals surface area contributed by atoms with Crippen molar-refractivity contribution in [3.05, 3.63) is 71.8 Å². The molecule has 0 bridgehead atoms. The number of carbonyl (C=O) groups excluding carboxylic acids is 2. The minimum Gasteiger partial charge on any atom is -0.480 e. The highest BCUT2D eigenvalue weighted by atomic mass is 16.4. The van der Waals surface area contributed by atoms with E-state index in [-0.39, 0.29) is 0 Å². The summed E-state index contributed by atoms with van der Waals surface area (Å²) in [7, 11) is 2.98. The van der Waals surface area contributed by atoms with Crippen LogP contribution < -0.4 is 0 Å². The molecule has 0 radical (unpaired) electrons. The number of rotatable bonds is 4. The lowest BCUT2D eigenvalue weighted by Gasteiger charge is -2.55. The van der Waals surface area contributed by atoms with Gasteiger partial charge in [-0.15, -0.1) is 0 Å². The predicted molar refractivity (Wildman–Crippen MR) is 105 cm³/mol. The lowest BCUT2D eigenvalue weighted by Crippen LogP contribution is -2.75. The van der Waals surface area contributed by atoms with Crippen LogP contribution in [-0.4, -0.2) is 64.7 Å². The Morgan fingerprint density at radius 2 is 1.52 bits per heavy atom. The first-order valence-electron chi connectivity index (χ1n) is 9.08. The Bertz CT molecular complexity index is 1010. The molecule has 29 heavy (non-hydrogen) atoms. The van der Waals surface area contributed by atoms with Crippen LogP contribution in [0.3, 0.4) is 0 Å². The molecular formula is C21H20N4O4. The Balaban J connectivity index is 2.11. The third-order valence-electron chi connectivity index (χ3n) is 5.67. The average Bonchev–Trinajstić information content (AvgIpc) is 3.08. The van der Waals surface area contributed by atoms with E-state index >= 15 is 0 Å². The molecule has 2 heterocycles. The van der Waals surface area contributed by atoms with Crippen molar-refractivity contribution in [1.82, 2.24) is 14.7 Å². The summed E-state index contributed by atoms with van der Waals surface area (Å²) in [6, 6.07) is 17.4. The largest absolute Gasteiger partial charge is 0.480 e. The summed E-state index contributed by atoms with van der Waals surface area (Å²) in [4.78, 5) is 47.0. The highest BCUT2D eigenvalue weighted by Gasteiger charge is 2.72. The summed E-state index contributed by atoms with van der Waals surface area (Å²) in [5, 5.41) is 9.54. The molecule has 2 aliphatic heterocycles. The maximum Gasteiger partial charge on any atom is 0.328 e. The molecule has 2 unspecified atom stereocenters. The number of hydrogen-bond acceptors (Lipinski definition) is 5. The fourth-order valence-electron chi connectivity index (χ4n) is 4.45. The van der Waals surface area contributed by atoms with Gasteiger partial charge in [-0.3, -0.25) is 19.4 Å². The molecule has 4 rings (SSSR count). The maximum atomic E-state index is 13.8. The number of likely N-dealkylation sites (N-methyl/N-ethyl adjacent to an activating group) is 2. The number of nitrogens with zero attached hydrogens (tertiary/aromatic N) is 4. The highest BCUT2D eigenvalue weighted by molar-refractivity contribution is 6.06. The lowest BCUT2D eigenvalue weighted by molar-refractivity contribution is -0.157. The van der Waals surface area contributed by atoms with Gasteiger partial charge in [0, 0.05) is 19.7 Å². The Hall–Kier alpha value is -3.68. The van der Waals surface area contributed by atoms with Gasteiger partial charge in [0.25, 0.3) is 5.91 Å². The first-order chi connectivity index (χ1) is 13.9. The monoisotopic (exact) mass is 392 g/mol. The molecule has 0 saturated carbocycles. The minimum absolute atomic E-state index is 0.450. The number of benzene rings is 2. The molecule has 1 N–H and O–H groups in total. The van der Waals surface area contributed by atoms with Crippen molar-refractivity contribution in [2.45, 2.75) is 11.2 Å². The SMILES string of the molecule is CN1C(=O)N(C)C2(c3ccccc3)N=CN(CC(=O)O)C2(c2ccccc2)C1=O. The number of urea groups is 1. The van der Waals surface area contributed by atoms with E-state index in [0.29, 0.717) is 11.1 Å². The molecule has 2 aromatic carbocycles. The number of carbonyl (C=O) groups is 3. The quantitative estimate of drug-likeness (QED) is 0.855. The van der Waals surface area contributed by atoms with Crippen LogP contribution in [0.4, 0.5) is 4.79 Å². The Labute approximate surface area is 167 Å². The Kier molecular flexibility index (Phi) is 4.15. The number of fused-ring (bicyclic) bond motifs is 1. The van der Waals surface area contributed by atoms with Crippen LogP contribution in [0.1, 0.15) is 11.1 Å². The molecule has 148 valence electrons. The topological polar surface area (TPSA) is 93.5 Å². The summed E-state index contributed by atoms with van der Waals surface area (Å²) in [6.07, 6.45) is 1.37. The van der Waals surface area contributed by atoms with E-state index in [2.05, 4.69) is 4.99 Å². The van der Waals surface area contributed by atoms with Crippen molar-refractivity contribution in [3.63, 3.8) is 0 Å². The van der Waals surface area contributed by atoms with Crippen molar-refractivity contribution in [3.8, 4) is 0 Å². The van der Waals surface area contributed by atoms with Gasteiger partial charge in [0.1, 0.15) is 6.54 Å². The summed E-state index contributed by atoms with van der Waals surface area (Å²) in [5.41, 5.74) is -1.85. The smallest absolute Gasteiger partial charge is 0.328 e. The van der Waals surface area contributed by atoms with Gasteiger partial charge in [0.15, 0.2) is 11.2 Å². The minimum atomic E-state index is -1.56. The number of hydrogen-bond donors (Lipinski definition) is 1. The van der Waals surface area contributed by atoms with Gasteiger partial charge in [0.2, 0.25) is 0 Å². The van der Waals surface area contributed by atoms with Crippen LogP contribution in [0.25, 0.3) is 0 Å². The molecule has 0 aliphatic carbocycles. The second-order valence-electron chi connectivity index (χ2n) is 7.09. The maximum absolute atomic E-state index is 13.8. The van der Waals surface area contributed by atoms with Crippen LogP contribution in [0, 0.1) is 0 Å². The van der Waals surface area contributed by atoms with E-state index in [1.54, 1.807) is 55.6 Å². The van der Waals surface area contributed by atoms with E-state index in [4.69, 9.17) is 0 Å². The predicted octanol–water partition coefficient (Wildman–Crippen LogP) is 1.69. The van der Waals surface area contributed by atoms with Gasteiger partial charge in [-0.1, -0.05) is 60.7 Å². The number of aliphatic carboxylic acids is 1. The van der Waals surface area contributed by atoms with Crippen molar-refractivity contribution in [2.75, 3.05) is 20.6 Å². The molecule has 8 nitrogen and oxygen atoms in total. The van der Waals surface area contributed by atoms with E-state index in [0.717, 1.165) is 4.90 Å². The summed E-state index contributed by atoms with van der Waals surface area (Å²) in [5.74, 6) is -1.64. The van der Waals surface area contributed by atoms with E-state index in [1.807, 2.05) is 12.1 Å². The van der Waals surface area contributed by atoms with E-state index in [9.17, 15) is 19.5 Å². The van der Waals surface area contributed by atoms with Crippen LogP contribution >= 0.6 is 0 Å². The zero-order valence-electron chi connectivity index (χ0n) is 16.0. The molecule has 3 amide bonds. The fourth-order valence-corrected chi connectivity index (χ4v) is 4.45. The van der Waals surface area contributed by atoms with Crippen molar-refractivity contribution in [1.29, 1.82) is 0 Å². The Morgan fingerprint density at radius 3 is 2.07 bits per heavy atom. The number of imide groups is 1. The summed E-state index contributed by atoms with van der Waals surface area (Å²) < 4.78 is 0. The van der Waals surface area contributed by atoms with Gasteiger partial charge in [-0.25, -0.2) is 9.79 Å². The van der Waals surface area contributed by atoms with Gasteiger partial charge in [0.05, 0.1) is 6.34 Å². The second-order valence-corrected chi connectivity index (χ2v) is 7.09. The van der Waals surface area contributed by atoms with Crippen molar-refractivity contribution in [2.24, 2.45) is 4.99 Å². The standard InChI is InChI=1S/C21H20N4O4/c1-23-18(28)20(15-9-5-3-6-10-15)21(24(2)19(23)29,16-11-7-4-8-12-16)22-14-25(20)13-17(26)27/h3-12,14H,13H2,1-2H3,(H,26,27). The number of carboxylic acid groups (broad SMARTS) is 1. The van der Waals surface area contributed by atoms with Crippen LogP contribution in [0.2, 0.25) is 0 Å². The molecule has 1 saturated heterocycles. The molecule has 2 aliphatic rings. The van der Waals surface area contributed by atoms with Gasteiger partial charge < -0.3 is 10.0 Å². The third-order valence-corrected chi connectivity index (χ3v) is 5.67. The van der Waals surface area contributed by atoms with E-state index in [1.165, 1.54) is 23.2 Å².